The maximum atomic E-state index is 12.4. The van der Waals surface area contributed by atoms with Crippen LogP contribution in [0.2, 0.25) is 18.1 Å². The molecule has 1 heterocycles. The standard InChI is InChI=1S/C22H35N3O5Si/c1-22(2,3)31(4,5)30-18(19(23)20(26)27)15-24-11-13-25(14-12-24)21(28)29-16-17-9-7-6-8-10-17/h6-10,18,23H,11-16H2,1-5H3,(H,26,27). The van der Waals surface area contributed by atoms with E-state index >= 15 is 0 Å². The van der Waals surface area contributed by atoms with E-state index in [1.807, 2.05) is 30.3 Å². The maximum Gasteiger partial charge on any atom is 0.410 e. The predicted molar refractivity (Wildman–Crippen MR) is 122 cm³/mol. The Morgan fingerprint density at radius 3 is 2.23 bits per heavy atom. The molecular weight excluding hydrogens is 414 g/mol. The number of carbonyl (C=O) groups excluding carboxylic acids is 1. The van der Waals surface area contributed by atoms with Gasteiger partial charge in [0.2, 0.25) is 0 Å². The molecule has 1 fully saturated rings. The lowest BCUT2D eigenvalue weighted by molar-refractivity contribution is -0.130. The van der Waals surface area contributed by atoms with Crippen LogP contribution in [0, 0.1) is 5.41 Å². The smallest absolute Gasteiger partial charge is 0.410 e. The molecule has 1 amide bonds. The lowest BCUT2D eigenvalue weighted by Gasteiger charge is -2.41. The quantitative estimate of drug-likeness (QED) is 0.465. The molecule has 9 heteroatoms. The fourth-order valence-electron chi connectivity index (χ4n) is 3.02. The second-order valence-corrected chi connectivity index (χ2v) is 14.2. The molecule has 2 N–H and O–H groups in total. The second kappa shape index (κ2) is 10.4. The third-order valence-electron chi connectivity index (χ3n) is 6.06. The van der Waals surface area contributed by atoms with Gasteiger partial charge in [-0.15, -0.1) is 0 Å². The van der Waals surface area contributed by atoms with Gasteiger partial charge in [-0.1, -0.05) is 51.1 Å². The van der Waals surface area contributed by atoms with Crippen molar-refractivity contribution in [1.29, 1.82) is 5.41 Å². The molecule has 31 heavy (non-hydrogen) atoms. The number of benzene rings is 1. The number of nitrogens with zero attached hydrogens (tertiary/aromatic N) is 2. The topological polar surface area (TPSA) is 103 Å². The zero-order chi connectivity index (χ0) is 23.2. The van der Waals surface area contributed by atoms with Crippen molar-refractivity contribution in [1.82, 2.24) is 9.80 Å². The molecule has 0 bridgehead atoms. The van der Waals surface area contributed by atoms with Gasteiger partial charge in [-0.2, -0.15) is 0 Å². The van der Waals surface area contributed by atoms with Gasteiger partial charge in [0.25, 0.3) is 0 Å². The SMILES string of the molecule is CC(C)(C)[Si](C)(C)OC(CN1CCN(C(=O)OCc2ccccc2)CC1)C(=N)C(=O)O. The van der Waals surface area contributed by atoms with Crippen LogP contribution in [-0.4, -0.2) is 79.8 Å². The molecule has 1 saturated heterocycles. The highest BCUT2D eigenvalue weighted by Crippen LogP contribution is 2.37. The Labute approximate surface area is 185 Å². The molecule has 172 valence electrons. The van der Waals surface area contributed by atoms with E-state index in [-0.39, 0.29) is 17.7 Å². The predicted octanol–water partition coefficient (Wildman–Crippen LogP) is 3.44. The van der Waals surface area contributed by atoms with Crippen molar-refractivity contribution < 1.29 is 23.9 Å². The molecule has 1 aliphatic rings. The summed E-state index contributed by atoms with van der Waals surface area (Å²) >= 11 is 0. The van der Waals surface area contributed by atoms with Crippen LogP contribution in [0.5, 0.6) is 0 Å². The Kier molecular flexibility index (Phi) is 8.39. The van der Waals surface area contributed by atoms with E-state index in [1.54, 1.807) is 4.90 Å². The molecule has 8 nitrogen and oxygen atoms in total. The first-order chi connectivity index (χ1) is 14.4. The van der Waals surface area contributed by atoms with E-state index in [9.17, 15) is 14.7 Å². The molecule has 0 aromatic heterocycles. The van der Waals surface area contributed by atoms with E-state index < -0.39 is 26.1 Å². The molecule has 0 radical (unpaired) electrons. The number of piperazine rings is 1. The highest BCUT2D eigenvalue weighted by molar-refractivity contribution is 6.74. The molecule has 0 spiro atoms. The Morgan fingerprint density at radius 1 is 1.13 bits per heavy atom. The monoisotopic (exact) mass is 449 g/mol. The third-order valence-corrected chi connectivity index (χ3v) is 10.5. The normalized spacial score (nSPS) is 16.6. The fraction of sp³-hybridized carbons (Fsp3) is 0.591. The Hall–Kier alpha value is -2.23. The lowest BCUT2D eigenvalue weighted by Crippen LogP contribution is -2.55. The van der Waals surface area contributed by atoms with Crippen molar-refractivity contribution in [3.05, 3.63) is 35.9 Å². The lowest BCUT2D eigenvalue weighted by atomic mass is 10.2. The van der Waals surface area contributed by atoms with Crippen LogP contribution in [0.1, 0.15) is 26.3 Å². The van der Waals surface area contributed by atoms with Gasteiger partial charge < -0.3 is 19.2 Å². The van der Waals surface area contributed by atoms with Crippen molar-refractivity contribution in [3.63, 3.8) is 0 Å². The Balaban J connectivity index is 1.91. The molecule has 1 aromatic carbocycles. The van der Waals surface area contributed by atoms with Crippen molar-refractivity contribution >= 4 is 26.1 Å². The number of carbonyl (C=O) groups is 2. The van der Waals surface area contributed by atoms with E-state index in [0.29, 0.717) is 32.7 Å². The number of carboxylic acids is 1. The number of hydrogen-bond donors (Lipinski definition) is 2. The maximum absolute atomic E-state index is 12.4. The summed E-state index contributed by atoms with van der Waals surface area (Å²) in [6.07, 6.45) is -1.15. The average Bonchev–Trinajstić information content (AvgIpc) is 2.71. The molecule has 1 atom stereocenters. The summed E-state index contributed by atoms with van der Waals surface area (Å²) in [5.74, 6) is -1.26. The Morgan fingerprint density at radius 2 is 1.71 bits per heavy atom. The van der Waals surface area contributed by atoms with Crippen LogP contribution < -0.4 is 0 Å². The minimum absolute atomic E-state index is 0.0920. The number of amides is 1. The summed E-state index contributed by atoms with van der Waals surface area (Å²) in [6, 6.07) is 9.53. The minimum Gasteiger partial charge on any atom is -0.477 e. The molecule has 0 aliphatic carbocycles. The van der Waals surface area contributed by atoms with Crippen LogP contribution >= 0.6 is 0 Å². The molecule has 1 unspecified atom stereocenters. The number of ether oxygens (including phenoxy) is 1. The van der Waals surface area contributed by atoms with Crippen LogP contribution in [0.4, 0.5) is 4.79 Å². The molecule has 0 saturated carbocycles. The van der Waals surface area contributed by atoms with E-state index in [1.165, 1.54) is 0 Å². The van der Waals surface area contributed by atoms with Gasteiger partial charge in [0.1, 0.15) is 18.4 Å². The van der Waals surface area contributed by atoms with Gasteiger partial charge in [0, 0.05) is 32.7 Å². The summed E-state index contributed by atoms with van der Waals surface area (Å²) in [6.45, 7) is 13.0. The largest absolute Gasteiger partial charge is 0.477 e. The van der Waals surface area contributed by atoms with Crippen molar-refractivity contribution in [2.75, 3.05) is 32.7 Å². The van der Waals surface area contributed by atoms with Crippen LogP contribution in [0.3, 0.4) is 0 Å². The zero-order valence-corrected chi connectivity index (χ0v) is 20.2. The molecule has 1 aromatic rings. The van der Waals surface area contributed by atoms with Crippen LogP contribution in [0.25, 0.3) is 0 Å². The van der Waals surface area contributed by atoms with Crippen molar-refractivity contribution in [2.24, 2.45) is 0 Å². The summed E-state index contributed by atoms with van der Waals surface area (Å²) in [5, 5.41) is 17.3. The van der Waals surface area contributed by atoms with Gasteiger partial charge in [0.05, 0.1) is 0 Å². The van der Waals surface area contributed by atoms with Gasteiger partial charge in [0.15, 0.2) is 8.32 Å². The van der Waals surface area contributed by atoms with Crippen LogP contribution in [0.15, 0.2) is 30.3 Å². The summed E-state index contributed by atoms with van der Waals surface area (Å²) in [5.41, 5.74) is 0.516. The summed E-state index contributed by atoms with van der Waals surface area (Å²) in [4.78, 5) is 27.5. The summed E-state index contributed by atoms with van der Waals surface area (Å²) < 4.78 is 11.7. The first-order valence-corrected chi connectivity index (χ1v) is 13.5. The van der Waals surface area contributed by atoms with Crippen LogP contribution in [-0.2, 0) is 20.6 Å². The van der Waals surface area contributed by atoms with Gasteiger partial charge in [-0.05, 0) is 23.7 Å². The number of nitrogens with one attached hydrogen (secondary N) is 1. The highest BCUT2D eigenvalue weighted by Gasteiger charge is 2.41. The number of aliphatic carboxylic acids is 1. The Bertz CT molecular complexity index is 771. The van der Waals surface area contributed by atoms with Gasteiger partial charge in [-0.3, -0.25) is 10.3 Å². The van der Waals surface area contributed by atoms with Gasteiger partial charge >= 0.3 is 12.1 Å². The second-order valence-electron chi connectivity index (χ2n) is 9.41. The highest BCUT2D eigenvalue weighted by atomic mass is 28.4. The van der Waals surface area contributed by atoms with Crippen molar-refractivity contribution in [3.8, 4) is 0 Å². The average molecular weight is 450 g/mol. The van der Waals surface area contributed by atoms with E-state index in [2.05, 4.69) is 38.8 Å². The van der Waals surface area contributed by atoms with Crippen molar-refractivity contribution in [2.45, 2.75) is 51.6 Å². The molecule has 2 rings (SSSR count). The fourth-order valence-corrected chi connectivity index (χ4v) is 4.27. The number of rotatable bonds is 8. The third kappa shape index (κ3) is 7.15. The first-order valence-electron chi connectivity index (χ1n) is 10.6. The van der Waals surface area contributed by atoms with E-state index in [0.717, 1.165) is 5.56 Å². The first kappa shape index (κ1) is 25.0. The number of carboxylic acid groups (broad SMARTS) is 1. The molecule has 1 aliphatic heterocycles. The minimum atomic E-state index is -2.25. The number of hydrogen-bond acceptors (Lipinski definition) is 6. The van der Waals surface area contributed by atoms with E-state index in [4.69, 9.17) is 14.6 Å². The molecular formula is C22H35N3O5Si. The zero-order valence-electron chi connectivity index (χ0n) is 19.2. The van der Waals surface area contributed by atoms with Gasteiger partial charge in [-0.25, -0.2) is 9.59 Å². The summed E-state index contributed by atoms with van der Waals surface area (Å²) in [7, 11) is -2.25.